The van der Waals surface area contributed by atoms with Gasteiger partial charge in [-0.05, 0) is 48.7 Å². The van der Waals surface area contributed by atoms with E-state index in [-0.39, 0.29) is 36.6 Å². The van der Waals surface area contributed by atoms with Gasteiger partial charge >= 0.3 is 0 Å². The first-order valence-corrected chi connectivity index (χ1v) is 9.64. The molecule has 0 saturated heterocycles. The van der Waals surface area contributed by atoms with Gasteiger partial charge in [-0.2, -0.15) is 0 Å². The molecule has 28 heavy (non-hydrogen) atoms. The Bertz CT molecular complexity index is 823. The third kappa shape index (κ3) is 5.39. The second-order valence-corrected chi connectivity index (χ2v) is 7.16. The van der Waals surface area contributed by atoms with Crippen LogP contribution in [-0.4, -0.2) is 42.4 Å². The molecule has 0 aromatic heterocycles. The quantitative estimate of drug-likeness (QED) is 0.772. The minimum absolute atomic E-state index is 0.0938. The van der Waals surface area contributed by atoms with Crippen LogP contribution in [0.3, 0.4) is 0 Å². The van der Waals surface area contributed by atoms with Gasteiger partial charge in [-0.25, -0.2) is 4.39 Å². The Morgan fingerprint density at radius 2 is 1.79 bits per heavy atom. The monoisotopic (exact) mass is 383 g/mol. The van der Waals surface area contributed by atoms with E-state index in [0.717, 1.165) is 19.5 Å². The molecule has 2 amide bonds. The summed E-state index contributed by atoms with van der Waals surface area (Å²) in [4.78, 5) is 26.4. The zero-order valence-corrected chi connectivity index (χ0v) is 16.1. The number of halogens is 1. The number of nitrogens with one attached hydrogen (secondary N) is 2. The predicted octanol–water partition coefficient (Wildman–Crippen LogP) is 2.51. The molecule has 0 spiro atoms. The Kier molecular flexibility index (Phi) is 6.76. The molecule has 0 fully saturated rings. The van der Waals surface area contributed by atoms with E-state index in [9.17, 15) is 14.0 Å². The van der Waals surface area contributed by atoms with Crippen molar-refractivity contribution in [2.24, 2.45) is 0 Å². The normalized spacial score (nSPS) is 14.8. The van der Waals surface area contributed by atoms with Crippen LogP contribution in [0.2, 0.25) is 0 Å². The van der Waals surface area contributed by atoms with Gasteiger partial charge in [0.1, 0.15) is 5.82 Å². The van der Waals surface area contributed by atoms with E-state index < -0.39 is 0 Å². The maximum Gasteiger partial charge on any atom is 0.251 e. The summed E-state index contributed by atoms with van der Waals surface area (Å²) in [6, 6.07) is 14.0. The minimum Gasteiger partial charge on any atom is -0.354 e. The maximum atomic E-state index is 12.9. The number of benzene rings is 2. The molecule has 0 saturated carbocycles. The second kappa shape index (κ2) is 9.46. The third-order valence-electron chi connectivity index (χ3n) is 5.12. The summed E-state index contributed by atoms with van der Waals surface area (Å²) in [6.07, 6.45) is 1.24. The van der Waals surface area contributed by atoms with Gasteiger partial charge in [0.15, 0.2) is 0 Å². The highest BCUT2D eigenvalue weighted by molar-refractivity contribution is 5.94. The maximum absolute atomic E-state index is 12.9. The fraction of sp³-hybridized carbons (Fsp3) is 0.364. The molecule has 0 radical (unpaired) electrons. The van der Waals surface area contributed by atoms with Crippen LogP contribution >= 0.6 is 0 Å². The molecule has 2 aromatic rings. The van der Waals surface area contributed by atoms with Crippen molar-refractivity contribution in [2.45, 2.75) is 32.4 Å². The van der Waals surface area contributed by atoms with Crippen molar-refractivity contribution < 1.29 is 14.0 Å². The predicted molar refractivity (Wildman–Crippen MR) is 106 cm³/mol. The number of hydrogen-bond acceptors (Lipinski definition) is 3. The molecule has 1 heterocycles. The Labute approximate surface area is 164 Å². The van der Waals surface area contributed by atoms with E-state index in [4.69, 9.17) is 0 Å². The van der Waals surface area contributed by atoms with Crippen LogP contribution in [0.5, 0.6) is 0 Å². The van der Waals surface area contributed by atoms with Crippen molar-refractivity contribution in [2.75, 3.05) is 19.6 Å². The molecule has 6 heteroatoms. The zero-order chi connectivity index (χ0) is 19.9. The van der Waals surface area contributed by atoms with Gasteiger partial charge in [0.05, 0.1) is 0 Å². The molecular formula is C22H26FN3O2. The SMILES string of the molecule is CC(CNC(=O)CCNC(=O)c1ccc(F)cc1)N1CCc2ccccc2C1. The smallest absolute Gasteiger partial charge is 0.251 e. The lowest BCUT2D eigenvalue weighted by Gasteiger charge is -2.33. The van der Waals surface area contributed by atoms with Gasteiger partial charge < -0.3 is 10.6 Å². The molecule has 1 atom stereocenters. The minimum atomic E-state index is -0.387. The van der Waals surface area contributed by atoms with Gasteiger partial charge in [0.2, 0.25) is 5.91 Å². The van der Waals surface area contributed by atoms with E-state index in [2.05, 4.69) is 46.7 Å². The van der Waals surface area contributed by atoms with Gasteiger partial charge in [0.25, 0.3) is 5.91 Å². The highest BCUT2D eigenvalue weighted by Crippen LogP contribution is 2.19. The van der Waals surface area contributed by atoms with Crippen molar-refractivity contribution in [3.63, 3.8) is 0 Å². The highest BCUT2D eigenvalue weighted by Gasteiger charge is 2.20. The average molecular weight is 383 g/mol. The summed E-state index contributed by atoms with van der Waals surface area (Å²) in [7, 11) is 0. The molecular weight excluding hydrogens is 357 g/mol. The molecule has 3 rings (SSSR count). The Hall–Kier alpha value is -2.73. The Balaban J connectivity index is 1.36. The number of carbonyl (C=O) groups is 2. The van der Waals surface area contributed by atoms with Crippen molar-refractivity contribution in [1.29, 1.82) is 0 Å². The van der Waals surface area contributed by atoms with Gasteiger partial charge in [-0.1, -0.05) is 24.3 Å². The van der Waals surface area contributed by atoms with Crippen LogP contribution in [0.25, 0.3) is 0 Å². The first kappa shape index (κ1) is 20.0. The Morgan fingerprint density at radius 3 is 2.54 bits per heavy atom. The van der Waals surface area contributed by atoms with E-state index in [1.165, 1.54) is 35.4 Å². The molecule has 1 aliphatic heterocycles. The van der Waals surface area contributed by atoms with Crippen LogP contribution in [0.4, 0.5) is 4.39 Å². The second-order valence-electron chi connectivity index (χ2n) is 7.16. The molecule has 148 valence electrons. The molecule has 2 N–H and O–H groups in total. The number of hydrogen-bond donors (Lipinski definition) is 2. The average Bonchev–Trinajstić information content (AvgIpc) is 2.72. The Morgan fingerprint density at radius 1 is 1.07 bits per heavy atom. The lowest BCUT2D eigenvalue weighted by molar-refractivity contribution is -0.121. The van der Waals surface area contributed by atoms with Crippen molar-refractivity contribution in [3.05, 3.63) is 71.0 Å². The van der Waals surface area contributed by atoms with Crippen molar-refractivity contribution in [1.82, 2.24) is 15.5 Å². The summed E-state index contributed by atoms with van der Waals surface area (Å²) in [5, 5.41) is 5.62. The van der Waals surface area contributed by atoms with Crippen LogP contribution in [0.1, 0.15) is 34.8 Å². The summed E-state index contributed by atoms with van der Waals surface area (Å²) in [5.74, 6) is -0.793. The van der Waals surface area contributed by atoms with Crippen LogP contribution in [0.15, 0.2) is 48.5 Å². The standard InChI is InChI=1S/C22H26FN3O2/c1-16(26-13-11-17-4-2-3-5-19(17)15-26)14-25-21(27)10-12-24-22(28)18-6-8-20(23)9-7-18/h2-9,16H,10-15H2,1H3,(H,24,28)(H,25,27). The van der Waals surface area contributed by atoms with E-state index >= 15 is 0 Å². The van der Waals surface area contributed by atoms with Gasteiger partial charge in [-0.15, -0.1) is 0 Å². The summed E-state index contributed by atoms with van der Waals surface area (Å²) in [6.45, 7) is 4.83. The molecule has 1 unspecified atom stereocenters. The number of carbonyl (C=O) groups excluding carboxylic acids is 2. The van der Waals surface area contributed by atoms with Gasteiger partial charge in [0, 0.05) is 44.2 Å². The molecule has 2 aromatic carbocycles. The summed E-state index contributed by atoms with van der Waals surface area (Å²) >= 11 is 0. The van der Waals surface area contributed by atoms with Crippen LogP contribution in [-0.2, 0) is 17.8 Å². The first-order valence-electron chi connectivity index (χ1n) is 9.64. The molecule has 0 bridgehead atoms. The van der Waals surface area contributed by atoms with Gasteiger partial charge in [-0.3, -0.25) is 14.5 Å². The fourth-order valence-corrected chi connectivity index (χ4v) is 3.37. The topological polar surface area (TPSA) is 61.4 Å². The van der Waals surface area contributed by atoms with Crippen LogP contribution < -0.4 is 10.6 Å². The van der Waals surface area contributed by atoms with Crippen molar-refractivity contribution in [3.8, 4) is 0 Å². The lowest BCUT2D eigenvalue weighted by atomic mass is 9.99. The lowest BCUT2D eigenvalue weighted by Crippen LogP contribution is -2.44. The zero-order valence-electron chi connectivity index (χ0n) is 16.1. The highest BCUT2D eigenvalue weighted by atomic mass is 19.1. The van der Waals surface area contributed by atoms with Crippen LogP contribution in [0, 0.1) is 5.82 Å². The van der Waals surface area contributed by atoms with E-state index in [1.807, 2.05) is 0 Å². The molecule has 1 aliphatic rings. The number of amides is 2. The molecule has 0 aliphatic carbocycles. The summed E-state index contributed by atoms with van der Waals surface area (Å²) in [5.41, 5.74) is 3.14. The molecule has 5 nitrogen and oxygen atoms in total. The van der Waals surface area contributed by atoms with E-state index in [0.29, 0.717) is 12.1 Å². The fourth-order valence-electron chi connectivity index (χ4n) is 3.37. The van der Waals surface area contributed by atoms with Crippen molar-refractivity contribution >= 4 is 11.8 Å². The third-order valence-corrected chi connectivity index (χ3v) is 5.12. The number of nitrogens with zero attached hydrogens (tertiary/aromatic N) is 1. The first-order chi connectivity index (χ1) is 13.5. The number of fused-ring (bicyclic) bond motifs is 1. The largest absolute Gasteiger partial charge is 0.354 e. The summed E-state index contributed by atoms with van der Waals surface area (Å²) < 4.78 is 12.9. The van der Waals surface area contributed by atoms with E-state index in [1.54, 1.807) is 0 Å². The number of rotatable bonds is 7.